The first-order valence-electron chi connectivity index (χ1n) is 4.96. The number of rotatable bonds is 3. The molecule has 4 heteroatoms. The Morgan fingerprint density at radius 2 is 2.27 bits per heavy atom. The predicted molar refractivity (Wildman–Crippen MR) is 56.2 cm³/mol. The van der Waals surface area contributed by atoms with E-state index in [9.17, 15) is 9.18 Å². The standard InChI is InChI=1S/C11H13FN2O/c12-5-2-6-14-7-8-3-1-4-9(13)10(8)11(14)15/h1,3-4H,2,5-7,13H2. The van der Waals surface area contributed by atoms with Gasteiger partial charge in [-0.1, -0.05) is 12.1 Å². The summed E-state index contributed by atoms with van der Waals surface area (Å²) in [6.45, 7) is 0.623. The van der Waals surface area contributed by atoms with Crippen LogP contribution in [0.4, 0.5) is 10.1 Å². The summed E-state index contributed by atoms with van der Waals surface area (Å²) in [7, 11) is 0. The number of benzene rings is 1. The Morgan fingerprint density at radius 1 is 1.47 bits per heavy atom. The third kappa shape index (κ3) is 1.67. The van der Waals surface area contributed by atoms with Crippen molar-refractivity contribution in [1.82, 2.24) is 4.90 Å². The highest BCUT2D eigenvalue weighted by molar-refractivity contribution is 6.02. The van der Waals surface area contributed by atoms with E-state index in [2.05, 4.69) is 0 Å². The molecule has 0 aromatic heterocycles. The van der Waals surface area contributed by atoms with E-state index in [1.165, 1.54) is 0 Å². The molecule has 15 heavy (non-hydrogen) atoms. The number of hydrogen-bond donors (Lipinski definition) is 1. The average molecular weight is 208 g/mol. The van der Waals surface area contributed by atoms with Crippen molar-refractivity contribution in [3.05, 3.63) is 29.3 Å². The Hall–Kier alpha value is -1.58. The molecule has 3 nitrogen and oxygen atoms in total. The van der Waals surface area contributed by atoms with Crippen molar-refractivity contribution in [3.63, 3.8) is 0 Å². The van der Waals surface area contributed by atoms with Crippen molar-refractivity contribution in [2.75, 3.05) is 19.0 Å². The Bertz CT molecular complexity index is 392. The molecule has 1 aromatic carbocycles. The van der Waals surface area contributed by atoms with Crippen LogP contribution in [0.3, 0.4) is 0 Å². The van der Waals surface area contributed by atoms with Gasteiger partial charge < -0.3 is 10.6 Å². The van der Waals surface area contributed by atoms with Crippen molar-refractivity contribution >= 4 is 11.6 Å². The summed E-state index contributed by atoms with van der Waals surface area (Å²) in [6, 6.07) is 5.44. The Balaban J connectivity index is 2.22. The summed E-state index contributed by atoms with van der Waals surface area (Å²) >= 11 is 0. The molecule has 0 saturated carbocycles. The lowest BCUT2D eigenvalue weighted by Crippen LogP contribution is -2.25. The second-order valence-corrected chi connectivity index (χ2v) is 3.65. The molecule has 0 saturated heterocycles. The van der Waals surface area contributed by atoms with Gasteiger partial charge in [-0.25, -0.2) is 0 Å². The summed E-state index contributed by atoms with van der Waals surface area (Å²) in [5, 5.41) is 0. The van der Waals surface area contributed by atoms with Gasteiger partial charge in [0.1, 0.15) is 0 Å². The number of amides is 1. The first-order chi connectivity index (χ1) is 7.24. The van der Waals surface area contributed by atoms with E-state index in [0.29, 0.717) is 30.8 Å². The van der Waals surface area contributed by atoms with Gasteiger partial charge in [-0.05, 0) is 18.1 Å². The molecule has 0 fully saturated rings. The lowest BCUT2D eigenvalue weighted by atomic mass is 10.1. The van der Waals surface area contributed by atoms with Gasteiger partial charge in [0, 0.05) is 18.8 Å². The van der Waals surface area contributed by atoms with Crippen LogP contribution in [-0.2, 0) is 6.54 Å². The number of fused-ring (bicyclic) bond motifs is 1. The summed E-state index contributed by atoms with van der Waals surface area (Å²) in [4.78, 5) is 13.5. The molecule has 80 valence electrons. The van der Waals surface area contributed by atoms with Crippen LogP contribution in [0.15, 0.2) is 18.2 Å². The van der Waals surface area contributed by atoms with Gasteiger partial charge in [0.25, 0.3) is 5.91 Å². The third-order valence-corrected chi connectivity index (χ3v) is 2.61. The maximum Gasteiger partial charge on any atom is 0.256 e. The largest absolute Gasteiger partial charge is 0.398 e. The number of nitrogens with two attached hydrogens (primary N) is 1. The number of carbonyl (C=O) groups excluding carboxylic acids is 1. The zero-order valence-electron chi connectivity index (χ0n) is 8.37. The number of alkyl halides is 1. The first-order valence-corrected chi connectivity index (χ1v) is 4.96. The molecule has 0 spiro atoms. The van der Waals surface area contributed by atoms with Crippen LogP contribution < -0.4 is 5.73 Å². The van der Waals surface area contributed by atoms with Crippen LogP contribution in [0.2, 0.25) is 0 Å². The summed E-state index contributed by atoms with van der Waals surface area (Å²) in [6.07, 6.45) is 0.389. The van der Waals surface area contributed by atoms with Gasteiger partial charge in [0.15, 0.2) is 0 Å². The average Bonchev–Trinajstić information content (AvgIpc) is 2.54. The maximum atomic E-state index is 12.0. The number of halogens is 1. The van der Waals surface area contributed by atoms with Crippen LogP contribution in [0.1, 0.15) is 22.3 Å². The van der Waals surface area contributed by atoms with E-state index in [1.54, 1.807) is 11.0 Å². The molecular weight excluding hydrogens is 195 g/mol. The second-order valence-electron chi connectivity index (χ2n) is 3.65. The van der Waals surface area contributed by atoms with Crippen molar-refractivity contribution in [2.45, 2.75) is 13.0 Å². The number of hydrogen-bond acceptors (Lipinski definition) is 2. The molecule has 0 atom stereocenters. The molecule has 0 radical (unpaired) electrons. The van der Waals surface area contributed by atoms with Gasteiger partial charge in [-0.2, -0.15) is 0 Å². The summed E-state index contributed by atoms with van der Waals surface area (Å²) < 4.78 is 12.0. The maximum absolute atomic E-state index is 12.0. The van der Waals surface area contributed by atoms with Crippen LogP contribution >= 0.6 is 0 Å². The molecular formula is C11H13FN2O. The Kier molecular flexibility index (Phi) is 2.58. The molecule has 1 heterocycles. The fourth-order valence-corrected chi connectivity index (χ4v) is 1.88. The van der Waals surface area contributed by atoms with Crippen molar-refractivity contribution in [1.29, 1.82) is 0 Å². The van der Waals surface area contributed by atoms with Gasteiger partial charge in [-0.3, -0.25) is 9.18 Å². The third-order valence-electron chi connectivity index (χ3n) is 2.61. The second kappa shape index (κ2) is 3.88. The van der Waals surface area contributed by atoms with E-state index >= 15 is 0 Å². The fourth-order valence-electron chi connectivity index (χ4n) is 1.88. The highest BCUT2D eigenvalue weighted by atomic mass is 19.1. The van der Waals surface area contributed by atoms with E-state index in [-0.39, 0.29) is 5.91 Å². The van der Waals surface area contributed by atoms with Gasteiger partial charge in [0.05, 0.1) is 12.2 Å². The SMILES string of the molecule is Nc1cccc2c1C(=O)N(CCCF)C2. The minimum absolute atomic E-state index is 0.0726. The van der Waals surface area contributed by atoms with Gasteiger partial charge in [0.2, 0.25) is 0 Å². The quantitative estimate of drug-likeness (QED) is 0.766. The molecule has 0 aliphatic carbocycles. The van der Waals surface area contributed by atoms with E-state index < -0.39 is 6.67 Å². The minimum Gasteiger partial charge on any atom is -0.398 e. The molecule has 0 unspecified atom stereocenters. The highest BCUT2D eigenvalue weighted by Gasteiger charge is 2.28. The molecule has 1 amide bonds. The lowest BCUT2D eigenvalue weighted by molar-refractivity contribution is 0.0774. The number of anilines is 1. The molecule has 0 bridgehead atoms. The summed E-state index contributed by atoms with van der Waals surface area (Å²) in [5.74, 6) is -0.0726. The summed E-state index contributed by atoms with van der Waals surface area (Å²) in [5.41, 5.74) is 7.78. The van der Waals surface area contributed by atoms with E-state index in [1.807, 2.05) is 12.1 Å². The smallest absolute Gasteiger partial charge is 0.256 e. The van der Waals surface area contributed by atoms with Crippen LogP contribution in [0.5, 0.6) is 0 Å². The highest BCUT2D eigenvalue weighted by Crippen LogP contribution is 2.27. The molecule has 2 rings (SSSR count). The lowest BCUT2D eigenvalue weighted by Gasteiger charge is -2.13. The van der Waals surface area contributed by atoms with Crippen LogP contribution in [0.25, 0.3) is 0 Å². The first kappa shape index (κ1) is 9.96. The van der Waals surface area contributed by atoms with Gasteiger partial charge in [-0.15, -0.1) is 0 Å². The van der Waals surface area contributed by atoms with Crippen LogP contribution in [0, 0.1) is 0 Å². The molecule has 2 N–H and O–H groups in total. The minimum atomic E-state index is -0.393. The molecule has 1 aliphatic heterocycles. The van der Waals surface area contributed by atoms with Crippen molar-refractivity contribution in [3.8, 4) is 0 Å². The normalized spacial score (nSPS) is 14.5. The van der Waals surface area contributed by atoms with Crippen molar-refractivity contribution < 1.29 is 9.18 Å². The van der Waals surface area contributed by atoms with E-state index in [4.69, 9.17) is 5.73 Å². The Morgan fingerprint density at radius 3 is 2.93 bits per heavy atom. The molecule has 1 aliphatic rings. The number of carbonyl (C=O) groups is 1. The van der Waals surface area contributed by atoms with Gasteiger partial charge >= 0.3 is 0 Å². The van der Waals surface area contributed by atoms with E-state index in [0.717, 1.165) is 5.56 Å². The zero-order valence-corrected chi connectivity index (χ0v) is 8.37. The topological polar surface area (TPSA) is 46.3 Å². The zero-order chi connectivity index (χ0) is 10.8. The number of nitrogen functional groups attached to an aromatic ring is 1. The molecule has 1 aromatic rings. The predicted octanol–water partition coefficient (Wildman–Crippen LogP) is 1.58. The van der Waals surface area contributed by atoms with Crippen LogP contribution in [-0.4, -0.2) is 24.0 Å². The fraction of sp³-hybridized carbons (Fsp3) is 0.364. The number of nitrogens with zero attached hydrogens (tertiary/aromatic N) is 1. The van der Waals surface area contributed by atoms with Crippen molar-refractivity contribution in [2.24, 2.45) is 0 Å². The Labute approximate surface area is 87.7 Å². The monoisotopic (exact) mass is 208 g/mol.